The number of nitrogens with zero attached hydrogens (tertiary/aromatic N) is 4. The number of fused-ring (bicyclic) bond motifs is 1. The van der Waals surface area contributed by atoms with E-state index in [0.29, 0.717) is 22.9 Å². The number of carbonyl (C=O) groups excluding carboxylic acids is 1. The van der Waals surface area contributed by atoms with E-state index in [1.165, 1.54) is 22.2 Å². The van der Waals surface area contributed by atoms with Crippen LogP contribution in [0.25, 0.3) is 0 Å². The van der Waals surface area contributed by atoms with E-state index >= 15 is 0 Å². The zero-order valence-electron chi connectivity index (χ0n) is 18.4. The molecule has 8 heteroatoms. The molecule has 2 aromatic heterocycles. The largest absolute Gasteiger partial charge is 0.316 e. The molecule has 32 heavy (non-hydrogen) atoms. The van der Waals surface area contributed by atoms with Crippen molar-refractivity contribution in [2.24, 2.45) is 5.92 Å². The molecule has 0 spiro atoms. The lowest BCUT2D eigenvalue weighted by atomic mass is 9.86. The predicted octanol–water partition coefficient (Wildman–Crippen LogP) is 5.07. The molecule has 4 rings (SSSR count). The molecule has 0 radical (unpaired) electrons. The lowest BCUT2D eigenvalue weighted by molar-refractivity contribution is -0.113. The molecule has 0 saturated carbocycles. The van der Waals surface area contributed by atoms with Crippen LogP contribution in [0.2, 0.25) is 0 Å². The Kier molecular flexibility index (Phi) is 7.28. The molecular formula is C24H27N5OS2. The van der Waals surface area contributed by atoms with Crippen LogP contribution in [0, 0.1) is 17.2 Å². The van der Waals surface area contributed by atoms with E-state index in [2.05, 4.69) is 52.1 Å². The third kappa shape index (κ3) is 4.89. The molecule has 1 N–H and O–H groups in total. The average molecular weight is 466 g/mol. The number of nitriles is 1. The summed E-state index contributed by atoms with van der Waals surface area (Å²) in [7, 11) is 0. The molecule has 1 aliphatic rings. The van der Waals surface area contributed by atoms with E-state index in [1.807, 2.05) is 18.2 Å². The average Bonchev–Trinajstić information content (AvgIpc) is 3.37. The topological polar surface area (TPSA) is 83.6 Å². The first-order valence-corrected chi connectivity index (χ1v) is 12.9. The summed E-state index contributed by atoms with van der Waals surface area (Å²) in [5, 5.41) is 22.8. The standard InChI is InChI=1S/C24H27N5OS2/c1-3-16-10-11-18-19(14-25)23(32-20(18)12-16)26-22(30)15-31-24-28-27-21(29(24)4-2)13-17-8-6-5-7-9-17/h5-9,16H,3-4,10-13,15H2,1-2H3,(H,26,30). The van der Waals surface area contributed by atoms with Crippen molar-refractivity contribution in [2.45, 2.75) is 57.7 Å². The molecule has 0 saturated heterocycles. The maximum atomic E-state index is 12.7. The molecule has 6 nitrogen and oxygen atoms in total. The molecule has 166 valence electrons. The number of rotatable bonds is 8. The van der Waals surface area contributed by atoms with Crippen LogP contribution in [-0.4, -0.2) is 26.4 Å². The van der Waals surface area contributed by atoms with Crippen LogP contribution >= 0.6 is 23.1 Å². The number of carbonyl (C=O) groups is 1. The van der Waals surface area contributed by atoms with E-state index in [0.717, 1.165) is 48.8 Å². The maximum Gasteiger partial charge on any atom is 0.235 e. The van der Waals surface area contributed by atoms with Crippen molar-refractivity contribution in [1.82, 2.24) is 14.8 Å². The van der Waals surface area contributed by atoms with Gasteiger partial charge in [0, 0.05) is 17.8 Å². The molecule has 1 amide bonds. The smallest absolute Gasteiger partial charge is 0.235 e. The van der Waals surface area contributed by atoms with E-state index in [4.69, 9.17) is 0 Å². The summed E-state index contributed by atoms with van der Waals surface area (Å²) in [6.07, 6.45) is 4.93. The molecule has 0 fully saturated rings. The van der Waals surface area contributed by atoms with Gasteiger partial charge in [0.25, 0.3) is 0 Å². The highest BCUT2D eigenvalue weighted by Gasteiger charge is 2.26. The Labute approximate surface area is 197 Å². The number of hydrogen-bond acceptors (Lipinski definition) is 6. The van der Waals surface area contributed by atoms with Crippen LogP contribution in [0.3, 0.4) is 0 Å². The van der Waals surface area contributed by atoms with Gasteiger partial charge >= 0.3 is 0 Å². The number of thiophene rings is 1. The summed E-state index contributed by atoms with van der Waals surface area (Å²) in [5.74, 6) is 1.68. The van der Waals surface area contributed by atoms with Gasteiger partial charge in [-0.25, -0.2) is 0 Å². The second kappa shape index (κ2) is 10.3. The Balaban J connectivity index is 1.41. The monoisotopic (exact) mass is 465 g/mol. The minimum Gasteiger partial charge on any atom is -0.316 e. The molecule has 0 aliphatic heterocycles. The van der Waals surface area contributed by atoms with Crippen LogP contribution in [-0.2, 0) is 30.6 Å². The SMILES string of the molecule is CCC1CCc2c(sc(NC(=O)CSc3nnc(Cc4ccccc4)n3CC)c2C#N)C1. The van der Waals surface area contributed by atoms with Gasteiger partial charge in [0.1, 0.15) is 16.9 Å². The number of nitrogens with one attached hydrogen (secondary N) is 1. The maximum absolute atomic E-state index is 12.7. The second-order valence-corrected chi connectivity index (χ2v) is 10.0. The van der Waals surface area contributed by atoms with Crippen molar-refractivity contribution in [2.75, 3.05) is 11.1 Å². The summed E-state index contributed by atoms with van der Waals surface area (Å²) in [5.41, 5.74) is 2.97. The Morgan fingerprint density at radius 3 is 2.84 bits per heavy atom. The fourth-order valence-corrected chi connectivity index (χ4v) is 6.30. The molecule has 1 unspecified atom stereocenters. The Hall–Kier alpha value is -2.63. The Morgan fingerprint density at radius 1 is 1.31 bits per heavy atom. The number of benzene rings is 1. The molecule has 1 aromatic carbocycles. The number of hydrogen-bond donors (Lipinski definition) is 1. The van der Waals surface area contributed by atoms with E-state index in [-0.39, 0.29) is 11.7 Å². The van der Waals surface area contributed by atoms with Gasteiger partial charge in [0.2, 0.25) is 5.91 Å². The fourth-order valence-electron chi connectivity index (χ4n) is 4.15. The van der Waals surface area contributed by atoms with Crippen molar-refractivity contribution < 1.29 is 4.79 Å². The van der Waals surface area contributed by atoms with E-state index < -0.39 is 0 Å². The molecule has 1 aliphatic carbocycles. The molecule has 3 aromatic rings. The lowest BCUT2D eigenvalue weighted by Gasteiger charge is -2.20. The zero-order chi connectivity index (χ0) is 22.5. The van der Waals surface area contributed by atoms with Crippen LogP contribution in [0.1, 0.15) is 54.1 Å². The van der Waals surface area contributed by atoms with Crippen molar-refractivity contribution in [1.29, 1.82) is 5.26 Å². The van der Waals surface area contributed by atoms with Crippen LogP contribution in [0.5, 0.6) is 0 Å². The minimum atomic E-state index is -0.118. The normalized spacial score (nSPS) is 15.2. The van der Waals surface area contributed by atoms with Gasteiger partial charge in [-0.2, -0.15) is 5.26 Å². The van der Waals surface area contributed by atoms with Gasteiger partial charge in [-0.1, -0.05) is 55.4 Å². The van der Waals surface area contributed by atoms with Crippen LogP contribution < -0.4 is 5.32 Å². The summed E-state index contributed by atoms with van der Waals surface area (Å²) in [4.78, 5) is 14.0. The minimum absolute atomic E-state index is 0.118. The van der Waals surface area contributed by atoms with Crippen molar-refractivity contribution in [3.63, 3.8) is 0 Å². The number of anilines is 1. The van der Waals surface area contributed by atoms with Gasteiger partial charge in [-0.3, -0.25) is 4.79 Å². The first-order chi connectivity index (χ1) is 15.6. The number of aromatic nitrogens is 3. The van der Waals surface area contributed by atoms with Crippen LogP contribution in [0.15, 0.2) is 35.5 Å². The summed E-state index contributed by atoms with van der Waals surface area (Å²) in [6, 6.07) is 12.5. The van der Waals surface area contributed by atoms with Crippen LogP contribution in [0.4, 0.5) is 5.00 Å². The van der Waals surface area contributed by atoms with E-state index in [1.54, 1.807) is 11.3 Å². The lowest BCUT2D eigenvalue weighted by Crippen LogP contribution is -2.15. The van der Waals surface area contributed by atoms with Gasteiger partial charge in [0.15, 0.2) is 5.16 Å². The third-order valence-corrected chi connectivity index (χ3v) is 8.09. The van der Waals surface area contributed by atoms with Gasteiger partial charge in [0.05, 0.1) is 11.3 Å². The Bertz CT molecular complexity index is 1130. The quantitative estimate of drug-likeness (QED) is 0.470. The highest BCUT2D eigenvalue weighted by Crippen LogP contribution is 2.40. The molecule has 0 bridgehead atoms. The predicted molar refractivity (Wildman–Crippen MR) is 129 cm³/mol. The van der Waals surface area contributed by atoms with Crippen molar-refractivity contribution in [3.05, 3.63) is 57.7 Å². The first-order valence-electron chi connectivity index (χ1n) is 11.1. The van der Waals surface area contributed by atoms with Crippen molar-refractivity contribution in [3.8, 4) is 6.07 Å². The Morgan fingerprint density at radius 2 is 2.12 bits per heavy atom. The molecular weight excluding hydrogens is 438 g/mol. The fraction of sp³-hybridized carbons (Fsp3) is 0.417. The highest BCUT2D eigenvalue weighted by molar-refractivity contribution is 7.99. The first kappa shape index (κ1) is 22.6. The number of thioether (sulfide) groups is 1. The van der Waals surface area contributed by atoms with E-state index in [9.17, 15) is 10.1 Å². The molecule has 2 heterocycles. The highest BCUT2D eigenvalue weighted by atomic mass is 32.2. The molecule has 1 atom stereocenters. The van der Waals surface area contributed by atoms with Crippen molar-refractivity contribution >= 4 is 34.0 Å². The second-order valence-electron chi connectivity index (χ2n) is 7.98. The summed E-state index contributed by atoms with van der Waals surface area (Å²) in [6.45, 7) is 5.02. The van der Waals surface area contributed by atoms with Gasteiger partial charge < -0.3 is 9.88 Å². The third-order valence-electron chi connectivity index (χ3n) is 5.96. The summed E-state index contributed by atoms with van der Waals surface area (Å²) < 4.78 is 2.06. The number of amides is 1. The zero-order valence-corrected chi connectivity index (χ0v) is 20.1. The summed E-state index contributed by atoms with van der Waals surface area (Å²) >= 11 is 2.95. The van der Waals surface area contributed by atoms with Gasteiger partial charge in [-0.05, 0) is 43.2 Å². The van der Waals surface area contributed by atoms with Gasteiger partial charge in [-0.15, -0.1) is 21.5 Å².